The van der Waals surface area contributed by atoms with E-state index in [0.29, 0.717) is 17.9 Å². The summed E-state index contributed by atoms with van der Waals surface area (Å²) in [6.45, 7) is 5.34. The molecule has 1 aliphatic heterocycles. The molecule has 0 saturated carbocycles. The first kappa shape index (κ1) is 15.8. The van der Waals surface area contributed by atoms with Crippen LogP contribution < -0.4 is 4.74 Å². The van der Waals surface area contributed by atoms with Crippen molar-refractivity contribution in [3.63, 3.8) is 0 Å². The monoisotopic (exact) mass is 290 g/mol. The average Bonchev–Trinajstić information content (AvgIpc) is 2.53. The van der Waals surface area contributed by atoms with Gasteiger partial charge in [0.25, 0.3) is 0 Å². The Bertz CT molecular complexity index is 487. The number of ether oxygens (including phenoxy) is 2. The lowest BCUT2D eigenvalue weighted by Gasteiger charge is -2.33. The highest BCUT2D eigenvalue weighted by molar-refractivity contribution is 5.36. The van der Waals surface area contributed by atoms with Gasteiger partial charge in [-0.2, -0.15) is 5.26 Å². The number of morpholine rings is 1. The van der Waals surface area contributed by atoms with Crippen LogP contribution in [0.2, 0.25) is 0 Å². The largest absolute Gasteiger partial charge is 0.491 e. The summed E-state index contributed by atoms with van der Waals surface area (Å²) >= 11 is 0. The second-order valence-electron chi connectivity index (χ2n) is 5.27. The van der Waals surface area contributed by atoms with Gasteiger partial charge in [0.15, 0.2) is 0 Å². The molecule has 1 aromatic carbocycles. The Morgan fingerprint density at radius 3 is 3.19 bits per heavy atom. The molecular weight excluding hydrogens is 268 g/mol. The second-order valence-corrected chi connectivity index (χ2v) is 5.27. The van der Waals surface area contributed by atoms with E-state index >= 15 is 0 Å². The van der Waals surface area contributed by atoms with Gasteiger partial charge in [0.2, 0.25) is 0 Å². The van der Waals surface area contributed by atoms with Gasteiger partial charge in [0, 0.05) is 19.6 Å². The van der Waals surface area contributed by atoms with Crippen LogP contribution >= 0.6 is 0 Å². The van der Waals surface area contributed by atoms with Gasteiger partial charge in [-0.1, -0.05) is 13.0 Å². The quantitative estimate of drug-likeness (QED) is 0.858. The Kier molecular flexibility index (Phi) is 6.00. The number of rotatable bonds is 6. The van der Waals surface area contributed by atoms with E-state index in [-0.39, 0.29) is 12.7 Å². The van der Waals surface area contributed by atoms with Crippen molar-refractivity contribution in [3.8, 4) is 11.8 Å². The summed E-state index contributed by atoms with van der Waals surface area (Å²) in [6.07, 6.45) is 0.704. The maximum Gasteiger partial charge on any atom is 0.120 e. The maximum atomic E-state index is 10.1. The lowest BCUT2D eigenvalue weighted by molar-refractivity contribution is -0.0453. The number of nitriles is 1. The fourth-order valence-electron chi connectivity index (χ4n) is 2.39. The van der Waals surface area contributed by atoms with Crippen molar-refractivity contribution in [1.82, 2.24) is 4.90 Å². The van der Waals surface area contributed by atoms with E-state index in [4.69, 9.17) is 14.7 Å². The summed E-state index contributed by atoms with van der Waals surface area (Å²) < 4.78 is 11.2. The molecule has 2 unspecified atom stereocenters. The lowest BCUT2D eigenvalue weighted by Crippen LogP contribution is -2.46. The summed E-state index contributed by atoms with van der Waals surface area (Å²) in [5.41, 5.74) is 0.556. The van der Waals surface area contributed by atoms with Crippen LogP contribution in [0.15, 0.2) is 24.3 Å². The molecule has 5 nitrogen and oxygen atoms in total. The zero-order valence-corrected chi connectivity index (χ0v) is 12.4. The molecular formula is C16H22N2O3. The minimum absolute atomic E-state index is 0.225. The molecule has 2 atom stereocenters. The van der Waals surface area contributed by atoms with Crippen LogP contribution in [-0.2, 0) is 4.74 Å². The Labute approximate surface area is 125 Å². The minimum Gasteiger partial charge on any atom is -0.491 e. The van der Waals surface area contributed by atoms with Crippen molar-refractivity contribution in [3.05, 3.63) is 29.8 Å². The third-order valence-electron chi connectivity index (χ3n) is 3.55. The van der Waals surface area contributed by atoms with Gasteiger partial charge < -0.3 is 14.6 Å². The van der Waals surface area contributed by atoms with Crippen molar-refractivity contribution in [2.75, 3.05) is 32.8 Å². The molecule has 21 heavy (non-hydrogen) atoms. The smallest absolute Gasteiger partial charge is 0.120 e. The Morgan fingerprint density at radius 2 is 2.43 bits per heavy atom. The molecule has 1 N–H and O–H groups in total. The fraction of sp³-hybridized carbons (Fsp3) is 0.562. The summed E-state index contributed by atoms with van der Waals surface area (Å²) in [5.74, 6) is 0.613. The van der Waals surface area contributed by atoms with Crippen LogP contribution in [-0.4, -0.2) is 55.1 Å². The van der Waals surface area contributed by atoms with E-state index in [1.807, 2.05) is 0 Å². The first-order valence-corrected chi connectivity index (χ1v) is 7.36. The van der Waals surface area contributed by atoms with E-state index in [1.54, 1.807) is 24.3 Å². The second kappa shape index (κ2) is 7.99. The fourth-order valence-corrected chi connectivity index (χ4v) is 2.39. The summed E-state index contributed by atoms with van der Waals surface area (Å²) in [4.78, 5) is 2.21. The minimum atomic E-state index is -0.550. The molecule has 0 spiro atoms. The molecule has 1 aliphatic rings. The van der Waals surface area contributed by atoms with Crippen molar-refractivity contribution in [2.24, 2.45) is 0 Å². The number of hydrogen-bond acceptors (Lipinski definition) is 5. The normalized spacial score (nSPS) is 20.7. The predicted octanol–water partition coefficient (Wildman–Crippen LogP) is 1.41. The third kappa shape index (κ3) is 5.01. The molecule has 1 heterocycles. The zero-order valence-electron chi connectivity index (χ0n) is 12.4. The molecule has 0 bridgehead atoms. The van der Waals surface area contributed by atoms with Gasteiger partial charge in [-0.15, -0.1) is 0 Å². The van der Waals surface area contributed by atoms with E-state index in [1.165, 1.54) is 0 Å². The number of benzene rings is 1. The topological polar surface area (TPSA) is 65.7 Å². The first-order valence-electron chi connectivity index (χ1n) is 7.36. The summed E-state index contributed by atoms with van der Waals surface area (Å²) in [5, 5.41) is 18.9. The highest BCUT2D eigenvalue weighted by Gasteiger charge is 2.21. The van der Waals surface area contributed by atoms with E-state index in [2.05, 4.69) is 17.9 Å². The molecule has 1 saturated heterocycles. The highest BCUT2D eigenvalue weighted by Crippen LogP contribution is 2.13. The lowest BCUT2D eigenvalue weighted by atomic mass is 10.2. The average molecular weight is 290 g/mol. The standard InChI is InChI=1S/C16H22N2O3/c1-2-15-11-18(6-7-20-15)10-14(19)12-21-16-5-3-4-13(8-16)9-17/h3-5,8,14-15,19H,2,6-7,10-12H2,1H3. The summed E-state index contributed by atoms with van der Waals surface area (Å²) in [7, 11) is 0. The van der Waals surface area contributed by atoms with Crippen molar-refractivity contribution in [2.45, 2.75) is 25.6 Å². The molecule has 2 rings (SSSR count). The van der Waals surface area contributed by atoms with E-state index in [9.17, 15) is 5.11 Å². The molecule has 5 heteroatoms. The van der Waals surface area contributed by atoms with Crippen LogP contribution in [0, 0.1) is 11.3 Å². The number of β-amino-alcohol motifs (C(OH)–C–C–N with tert-alkyl or cyclic N) is 1. The first-order chi connectivity index (χ1) is 10.2. The van der Waals surface area contributed by atoms with Gasteiger partial charge in [-0.25, -0.2) is 0 Å². The molecule has 1 aromatic rings. The van der Waals surface area contributed by atoms with Gasteiger partial charge in [-0.05, 0) is 24.6 Å². The van der Waals surface area contributed by atoms with Crippen molar-refractivity contribution in [1.29, 1.82) is 5.26 Å². The van der Waals surface area contributed by atoms with E-state index < -0.39 is 6.10 Å². The number of hydrogen-bond donors (Lipinski definition) is 1. The number of aliphatic hydroxyl groups excluding tert-OH is 1. The number of nitrogens with zero attached hydrogens (tertiary/aromatic N) is 2. The van der Waals surface area contributed by atoms with Crippen LogP contribution in [0.4, 0.5) is 0 Å². The predicted molar refractivity (Wildman–Crippen MR) is 79.1 cm³/mol. The van der Waals surface area contributed by atoms with Gasteiger partial charge >= 0.3 is 0 Å². The van der Waals surface area contributed by atoms with Gasteiger partial charge in [-0.3, -0.25) is 4.90 Å². The van der Waals surface area contributed by atoms with Crippen molar-refractivity contribution < 1.29 is 14.6 Å². The molecule has 0 aliphatic carbocycles. The Hall–Kier alpha value is -1.61. The maximum absolute atomic E-state index is 10.1. The van der Waals surface area contributed by atoms with E-state index in [0.717, 1.165) is 26.1 Å². The van der Waals surface area contributed by atoms with Crippen LogP contribution in [0.5, 0.6) is 5.75 Å². The zero-order chi connectivity index (χ0) is 15.1. The molecule has 0 radical (unpaired) electrons. The molecule has 0 amide bonds. The molecule has 1 fully saturated rings. The van der Waals surface area contributed by atoms with Crippen LogP contribution in [0.1, 0.15) is 18.9 Å². The van der Waals surface area contributed by atoms with Crippen LogP contribution in [0.3, 0.4) is 0 Å². The highest BCUT2D eigenvalue weighted by atomic mass is 16.5. The molecule has 0 aromatic heterocycles. The third-order valence-corrected chi connectivity index (χ3v) is 3.55. The SMILES string of the molecule is CCC1CN(CC(O)COc2cccc(C#N)c2)CCO1. The molecule has 114 valence electrons. The van der Waals surface area contributed by atoms with Crippen LogP contribution in [0.25, 0.3) is 0 Å². The Morgan fingerprint density at radius 1 is 1.57 bits per heavy atom. The Balaban J connectivity index is 1.76. The van der Waals surface area contributed by atoms with Gasteiger partial charge in [0.05, 0.1) is 24.3 Å². The summed E-state index contributed by atoms with van der Waals surface area (Å²) in [6, 6.07) is 9.03. The van der Waals surface area contributed by atoms with Gasteiger partial charge in [0.1, 0.15) is 18.5 Å². The van der Waals surface area contributed by atoms with Crippen molar-refractivity contribution >= 4 is 0 Å². The number of aliphatic hydroxyl groups is 1.